The van der Waals surface area contributed by atoms with E-state index in [-0.39, 0.29) is 0 Å². The molecule has 0 nitrogen and oxygen atoms in total. The molecule has 32 heavy (non-hydrogen) atoms. The highest BCUT2D eigenvalue weighted by Gasteiger charge is 2.41. The quantitative estimate of drug-likeness (QED) is 0.225. The smallest absolute Gasteiger partial charge is 0.0623 e. The summed E-state index contributed by atoms with van der Waals surface area (Å²) in [5.41, 5.74) is 2.49. The topological polar surface area (TPSA) is 0 Å². The van der Waals surface area contributed by atoms with Crippen LogP contribution in [-0.4, -0.2) is 8.07 Å². The molecular weight excluding hydrogens is 468 g/mol. The molecule has 0 N–H and O–H groups in total. The van der Waals surface area contributed by atoms with Crippen LogP contribution < -0.4 is 20.7 Å². The fraction of sp³-hybridized carbons (Fsp3) is 0. The van der Waals surface area contributed by atoms with Crippen molar-refractivity contribution in [2.24, 2.45) is 0 Å². The molecule has 0 aromatic heterocycles. The Balaban J connectivity index is 1.87. The molecule has 0 fully saturated rings. The van der Waals surface area contributed by atoms with E-state index in [1.807, 2.05) is 0 Å². The highest BCUT2D eigenvalue weighted by Crippen LogP contribution is 2.20. The Morgan fingerprint density at radius 2 is 0.812 bits per heavy atom. The van der Waals surface area contributed by atoms with Crippen LogP contribution in [0.25, 0.3) is 11.1 Å². The lowest BCUT2D eigenvalue weighted by Crippen LogP contribution is -2.74. The molecule has 154 valence electrons. The Morgan fingerprint density at radius 3 is 1.38 bits per heavy atom. The zero-order valence-corrected chi connectivity index (χ0v) is 20.2. The molecule has 0 saturated carbocycles. The van der Waals surface area contributed by atoms with Crippen LogP contribution in [-0.2, 0) is 0 Å². The van der Waals surface area contributed by atoms with Gasteiger partial charge in [-0.3, -0.25) is 0 Å². The zero-order chi connectivity index (χ0) is 21.8. The van der Waals surface area contributed by atoms with Crippen LogP contribution in [0.5, 0.6) is 0 Å². The second-order valence-corrected chi connectivity index (χ2v) is 12.7. The third-order valence-electron chi connectivity index (χ3n) is 6.07. The highest BCUT2D eigenvalue weighted by atomic mass is 79.9. The molecule has 0 aliphatic rings. The van der Waals surface area contributed by atoms with E-state index in [4.69, 9.17) is 0 Å². The van der Waals surface area contributed by atoms with Gasteiger partial charge < -0.3 is 0 Å². The van der Waals surface area contributed by atoms with Gasteiger partial charge in [-0.25, -0.2) is 0 Å². The molecule has 5 aromatic carbocycles. The standard InChI is InChI=1S/C30H23BrSi/c31-26-15-11-21-30(23-26)32(27-16-6-2-7-17-27,28-18-8-3-9-19-28)29-20-10-14-25(22-29)24-12-4-1-5-13-24/h1-23H. The van der Waals surface area contributed by atoms with E-state index in [9.17, 15) is 0 Å². The molecule has 0 radical (unpaired) electrons. The van der Waals surface area contributed by atoms with Crippen LogP contribution in [0, 0.1) is 0 Å². The second kappa shape index (κ2) is 9.11. The Morgan fingerprint density at radius 1 is 0.375 bits per heavy atom. The third-order valence-corrected chi connectivity index (χ3v) is 11.3. The van der Waals surface area contributed by atoms with E-state index in [2.05, 4.69) is 155 Å². The minimum Gasteiger partial charge on any atom is -0.0623 e. The average molecular weight is 492 g/mol. The Hall–Kier alpha value is -3.20. The second-order valence-electron chi connectivity index (χ2n) is 7.94. The van der Waals surface area contributed by atoms with Crippen LogP contribution >= 0.6 is 15.9 Å². The summed E-state index contributed by atoms with van der Waals surface area (Å²) in [6.45, 7) is 0. The fourth-order valence-electron chi connectivity index (χ4n) is 4.66. The first-order valence-corrected chi connectivity index (χ1v) is 13.6. The van der Waals surface area contributed by atoms with Crippen LogP contribution in [0.1, 0.15) is 0 Å². The van der Waals surface area contributed by atoms with Gasteiger partial charge in [0.05, 0.1) is 0 Å². The molecule has 0 saturated heterocycles. The van der Waals surface area contributed by atoms with Crippen molar-refractivity contribution in [1.82, 2.24) is 0 Å². The number of benzene rings is 5. The van der Waals surface area contributed by atoms with Crippen LogP contribution in [0.2, 0.25) is 0 Å². The molecule has 0 aliphatic carbocycles. The van der Waals surface area contributed by atoms with Crippen molar-refractivity contribution in [3.05, 3.63) is 144 Å². The Labute approximate surface area is 199 Å². The first-order valence-electron chi connectivity index (χ1n) is 10.8. The monoisotopic (exact) mass is 490 g/mol. The van der Waals surface area contributed by atoms with Crippen molar-refractivity contribution in [2.75, 3.05) is 0 Å². The van der Waals surface area contributed by atoms with E-state index in [1.165, 1.54) is 31.9 Å². The van der Waals surface area contributed by atoms with Crippen LogP contribution in [0.3, 0.4) is 0 Å². The first kappa shape index (κ1) is 20.7. The van der Waals surface area contributed by atoms with Crippen LogP contribution in [0.4, 0.5) is 0 Å². The van der Waals surface area contributed by atoms with Crippen molar-refractivity contribution in [3.8, 4) is 11.1 Å². The highest BCUT2D eigenvalue weighted by molar-refractivity contribution is 9.10. The average Bonchev–Trinajstić information content (AvgIpc) is 2.87. The SMILES string of the molecule is Brc1cccc([Si](c2ccccc2)(c2ccccc2)c2cccc(-c3ccccc3)c2)c1. The number of halogens is 1. The van der Waals surface area contributed by atoms with Gasteiger partial charge in [0.1, 0.15) is 0 Å². The molecule has 0 spiro atoms. The maximum atomic E-state index is 3.75. The Kier molecular flexibility index (Phi) is 5.89. The predicted molar refractivity (Wildman–Crippen MR) is 143 cm³/mol. The summed E-state index contributed by atoms with van der Waals surface area (Å²) in [6, 6.07) is 50.8. The van der Waals surface area contributed by atoms with Gasteiger partial charge in [0.2, 0.25) is 0 Å². The zero-order valence-electron chi connectivity index (χ0n) is 17.7. The summed E-state index contributed by atoms with van der Waals surface area (Å²) < 4.78 is 1.11. The van der Waals surface area contributed by atoms with E-state index in [1.54, 1.807) is 0 Å². The Bertz CT molecular complexity index is 1280. The molecule has 0 bridgehead atoms. The van der Waals surface area contributed by atoms with Gasteiger partial charge in [-0.2, -0.15) is 0 Å². The third kappa shape index (κ3) is 3.77. The molecule has 0 aliphatic heterocycles. The molecule has 0 atom stereocenters. The van der Waals surface area contributed by atoms with Crippen molar-refractivity contribution in [3.63, 3.8) is 0 Å². The molecule has 5 aromatic rings. The van der Waals surface area contributed by atoms with Crippen molar-refractivity contribution in [2.45, 2.75) is 0 Å². The van der Waals surface area contributed by atoms with Crippen LogP contribution in [0.15, 0.2) is 144 Å². The summed E-state index contributed by atoms with van der Waals surface area (Å²) in [7, 11) is -2.53. The van der Waals surface area contributed by atoms with Gasteiger partial charge in [-0.15, -0.1) is 0 Å². The summed E-state index contributed by atoms with van der Waals surface area (Å²) in [4.78, 5) is 0. The minimum atomic E-state index is -2.53. The molecular formula is C30H23BrSi. The van der Waals surface area contributed by atoms with Gasteiger partial charge in [-0.1, -0.05) is 143 Å². The molecule has 0 heterocycles. The summed E-state index contributed by atoms with van der Waals surface area (Å²) >= 11 is 3.75. The summed E-state index contributed by atoms with van der Waals surface area (Å²) in [6.07, 6.45) is 0. The number of rotatable bonds is 5. The lowest BCUT2D eigenvalue weighted by atomic mass is 10.1. The maximum absolute atomic E-state index is 3.75. The predicted octanol–water partition coefficient (Wildman–Crippen LogP) is 5.49. The van der Waals surface area contributed by atoms with E-state index < -0.39 is 8.07 Å². The summed E-state index contributed by atoms with van der Waals surface area (Å²) in [5.74, 6) is 0. The maximum Gasteiger partial charge on any atom is 0.179 e. The van der Waals surface area contributed by atoms with Gasteiger partial charge >= 0.3 is 0 Å². The number of hydrogen-bond acceptors (Lipinski definition) is 0. The van der Waals surface area contributed by atoms with E-state index >= 15 is 0 Å². The summed E-state index contributed by atoms with van der Waals surface area (Å²) in [5, 5.41) is 5.52. The van der Waals surface area contributed by atoms with E-state index in [0.717, 1.165) is 4.47 Å². The molecule has 0 amide bonds. The van der Waals surface area contributed by atoms with Crippen molar-refractivity contribution >= 4 is 44.8 Å². The first-order chi connectivity index (χ1) is 15.8. The fourth-order valence-corrected chi connectivity index (χ4v) is 10.1. The molecule has 5 rings (SSSR count). The van der Waals surface area contributed by atoms with E-state index in [0.29, 0.717) is 0 Å². The lowest BCUT2D eigenvalue weighted by Gasteiger charge is -2.34. The van der Waals surface area contributed by atoms with Gasteiger partial charge in [0, 0.05) is 4.47 Å². The lowest BCUT2D eigenvalue weighted by molar-refractivity contribution is 1.62. The molecule has 0 unspecified atom stereocenters. The number of hydrogen-bond donors (Lipinski definition) is 0. The van der Waals surface area contributed by atoms with Gasteiger partial charge in [-0.05, 0) is 44.0 Å². The van der Waals surface area contributed by atoms with Gasteiger partial charge in [0.15, 0.2) is 8.07 Å². The van der Waals surface area contributed by atoms with Crippen molar-refractivity contribution < 1.29 is 0 Å². The van der Waals surface area contributed by atoms with Gasteiger partial charge in [0.25, 0.3) is 0 Å². The minimum absolute atomic E-state index is 1.11. The normalized spacial score (nSPS) is 11.3. The largest absolute Gasteiger partial charge is 0.179 e. The molecule has 2 heteroatoms. The van der Waals surface area contributed by atoms with Crippen molar-refractivity contribution in [1.29, 1.82) is 0 Å².